The first-order chi connectivity index (χ1) is 12.1. The number of hydrogen-bond donors (Lipinski definition) is 2. The van der Waals surface area contributed by atoms with Crippen LogP contribution in [0.5, 0.6) is 0 Å². The topological polar surface area (TPSA) is 88.4 Å². The van der Waals surface area contributed by atoms with Crippen LogP contribution < -0.4 is 10.6 Å². The van der Waals surface area contributed by atoms with E-state index in [-0.39, 0.29) is 17.7 Å². The zero-order valence-corrected chi connectivity index (χ0v) is 13.7. The lowest BCUT2D eigenvalue weighted by Crippen LogP contribution is -2.14. The maximum Gasteiger partial charge on any atom is 0.249 e. The molecule has 0 radical (unpaired) electrons. The molecule has 0 aliphatic heterocycles. The van der Waals surface area contributed by atoms with Crippen LogP contribution in [-0.2, 0) is 9.59 Å². The highest BCUT2D eigenvalue weighted by Gasteiger charge is 2.30. The average molecular weight is 335 g/mol. The van der Waals surface area contributed by atoms with Crippen molar-refractivity contribution in [3.63, 3.8) is 0 Å². The van der Waals surface area contributed by atoms with Crippen LogP contribution in [0.3, 0.4) is 0 Å². The van der Waals surface area contributed by atoms with E-state index in [1.807, 2.05) is 36.4 Å². The average Bonchev–Trinajstić information content (AvgIpc) is 3.35. The van der Waals surface area contributed by atoms with Gasteiger partial charge in [0.1, 0.15) is 0 Å². The van der Waals surface area contributed by atoms with Gasteiger partial charge in [-0.05, 0) is 42.7 Å². The van der Waals surface area contributed by atoms with Crippen molar-refractivity contribution in [2.24, 2.45) is 5.92 Å². The van der Waals surface area contributed by atoms with Gasteiger partial charge in [0.05, 0.1) is 0 Å². The molecule has 2 aromatic heterocycles. The summed E-state index contributed by atoms with van der Waals surface area (Å²) in [6.07, 6.45) is 3.67. The second-order valence-electron chi connectivity index (χ2n) is 6.15. The lowest BCUT2D eigenvalue weighted by Gasteiger charge is -2.05. The van der Waals surface area contributed by atoms with E-state index < -0.39 is 0 Å². The number of carbonyl (C=O) groups excluding carboxylic acids is 2. The maximum absolute atomic E-state index is 11.9. The normalized spacial score (nSPS) is 13.6. The summed E-state index contributed by atoms with van der Waals surface area (Å²) in [7, 11) is 0. The summed E-state index contributed by atoms with van der Waals surface area (Å²) < 4.78 is 1.65. The van der Waals surface area contributed by atoms with E-state index in [1.165, 1.54) is 6.92 Å². The Morgan fingerprint density at radius 3 is 2.56 bits per heavy atom. The Morgan fingerprint density at radius 2 is 1.88 bits per heavy atom. The van der Waals surface area contributed by atoms with Gasteiger partial charge in [-0.3, -0.25) is 14.9 Å². The molecule has 1 aliphatic rings. The van der Waals surface area contributed by atoms with Gasteiger partial charge in [0.2, 0.25) is 17.8 Å². The molecule has 3 aromatic rings. The molecule has 7 nitrogen and oxygen atoms in total. The molecule has 1 aromatic carbocycles. The molecule has 126 valence electrons. The van der Waals surface area contributed by atoms with E-state index in [0.29, 0.717) is 11.6 Å². The molecule has 0 spiro atoms. The van der Waals surface area contributed by atoms with Gasteiger partial charge in [0, 0.05) is 30.3 Å². The zero-order valence-electron chi connectivity index (χ0n) is 13.7. The molecule has 0 bridgehead atoms. The van der Waals surface area contributed by atoms with Crippen molar-refractivity contribution in [3.8, 4) is 11.1 Å². The number of aromatic nitrogens is 3. The first kappa shape index (κ1) is 15.3. The number of hydrogen-bond acceptors (Lipinski definition) is 4. The third kappa shape index (κ3) is 3.21. The molecule has 1 fully saturated rings. The third-order valence-electron chi connectivity index (χ3n) is 4.06. The molecular formula is C18H17N5O2. The van der Waals surface area contributed by atoms with Gasteiger partial charge in [0.15, 0.2) is 5.65 Å². The Morgan fingerprint density at radius 1 is 1.12 bits per heavy atom. The number of amides is 2. The van der Waals surface area contributed by atoms with Gasteiger partial charge in [-0.25, -0.2) is 4.52 Å². The Bertz CT molecular complexity index is 957. The fourth-order valence-corrected chi connectivity index (χ4v) is 2.68. The first-order valence-electron chi connectivity index (χ1n) is 8.14. The highest BCUT2D eigenvalue weighted by molar-refractivity contribution is 5.93. The Balaban J connectivity index is 1.65. The van der Waals surface area contributed by atoms with Crippen LogP contribution in [0.2, 0.25) is 0 Å². The molecule has 2 heterocycles. The number of benzene rings is 1. The number of nitrogens with one attached hydrogen (secondary N) is 2. The van der Waals surface area contributed by atoms with E-state index in [2.05, 4.69) is 20.7 Å². The second-order valence-corrected chi connectivity index (χ2v) is 6.15. The largest absolute Gasteiger partial charge is 0.326 e. The molecule has 1 aliphatic carbocycles. The van der Waals surface area contributed by atoms with E-state index in [9.17, 15) is 9.59 Å². The SMILES string of the molecule is CC(=O)Nc1ccc(-c2cccn3nc(NC(=O)C4CC4)nc23)cc1. The summed E-state index contributed by atoms with van der Waals surface area (Å²) in [6.45, 7) is 1.47. The molecule has 2 amide bonds. The molecule has 25 heavy (non-hydrogen) atoms. The third-order valence-corrected chi connectivity index (χ3v) is 4.06. The summed E-state index contributed by atoms with van der Waals surface area (Å²) in [6, 6.07) is 11.3. The molecule has 2 N–H and O–H groups in total. The predicted molar refractivity (Wildman–Crippen MR) is 94.1 cm³/mol. The van der Waals surface area contributed by atoms with Crippen LogP contribution in [-0.4, -0.2) is 26.4 Å². The van der Waals surface area contributed by atoms with Crippen LogP contribution in [0.1, 0.15) is 19.8 Å². The van der Waals surface area contributed by atoms with Gasteiger partial charge in [-0.15, -0.1) is 5.10 Å². The van der Waals surface area contributed by atoms with Gasteiger partial charge in [0.25, 0.3) is 0 Å². The number of nitrogens with zero attached hydrogens (tertiary/aromatic N) is 3. The number of pyridine rings is 1. The quantitative estimate of drug-likeness (QED) is 0.767. The zero-order chi connectivity index (χ0) is 17.4. The fourth-order valence-electron chi connectivity index (χ4n) is 2.68. The standard InChI is InChI=1S/C18H17N5O2/c1-11(24)19-14-8-6-12(7-9-14)15-3-2-10-23-16(15)20-18(22-23)21-17(25)13-4-5-13/h2-3,6-10,13H,4-5H2,1H3,(H,19,24)(H,21,22,25). The van der Waals surface area contributed by atoms with Crippen molar-refractivity contribution in [2.45, 2.75) is 19.8 Å². The van der Waals surface area contributed by atoms with Crippen LogP contribution in [0.15, 0.2) is 42.6 Å². The Kier molecular flexibility index (Phi) is 3.68. The summed E-state index contributed by atoms with van der Waals surface area (Å²) in [5.74, 6) is 0.298. The van der Waals surface area contributed by atoms with Crippen LogP contribution in [0.25, 0.3) is 16.8 Å². The van der Waals surface area contributed by atoms with Crippen LogP contribution in [0, 0.1) is 5.92 Å². The van der Waals surface area contributed by atoms with Crippen molar-refractivity contribution >= 4 is 29.1 Å². The molecule has 7 heteroatoms. The van der Waals surface area contributed by atoms with E-state index in [0.717, 1.165) is 29.7 Å². The predicted octanol–water partition coefficient (Wildman–Crippen LogP) is 2.70. The molecular weight excluding hydrogens is 318 g/mol. The van der Waals surface area contributed by atoms with Crippen LogP contribution in [0.4, 0.5) is 11.6 Å². The summed E-state index contributed by atoms with van der Waals surface area (Å²) >= 11 is 0. The van der Waals surface area contributed by atoms with E-state index in [4.69, 9.17) is 0 Å². The van der Waals surface area contributed by atoms with Crippen molar-refractivity contribution in [3.05, 3.63) is 42.6 Å². The van der Waals surface area contributed by atoms with Crippen molar-refractivity contribution < 1.29 is 9.59 Å². The van der Waals surface area contributed by atoms with Crippen LogP contribution >= 0.6 is 0 Å². The number of fused-ring (bicyclic) bond motifs is 1. The monoisotopic (exact) mass is 335 g/mol. The second kappa shape index (κ2) is 6.01. The minimum Gasteiger partial charge on any atom is -0.326 e. The van der Waals surface area contributed by atoms with Crippen molar-refractivity contribution in [1.82, 2.24) is 14.6 Å². The van der Waals surface area contributed by atoms with E-state index in [1.54, 1.807) is 10.7 Å². The molecule has 0 atom stereocenters. The van der Waals surface area contributed by atoms with E-state index >= 15 is 0 Å². The van der Waals surface area contributed by atoms with Gasteiger partial charge >= 0.3 is 0 Å². The lowest BCUT2D eigenvalue weighted by atomic mass is 10.1. The summed E-state index contributed by atoms with van der Waals surface area (Å²) in [5, 5.41) is 9.84. The Labute approximate surface area is 144 Å². The first-order valence-corrected chi connectivity index (χ1v) is 8.14. The Hall–Kier alpha value is -3.22. The van der Waals surface area contributed by atoms with Crippen molar-refractivity contribution in [2.75, 3.05) is 10.6 Å². The summed E-state index contributed by atoms with van der Waals surface area (Å²) in [4.78, 5) is 27.5. The van der Waals surface area contributed by atoms with Gasteiger partial charge in [-0.2, -0.15) is 4.98 Å². The van der Waals surface area contributed by atoms with Gasteiger partial charge < -0.3 is 5.32 Å². The highest BCUT2D eigenvalue weighted by atomic mass is 16.2. The molecule has 1 saturated carbocycles. The van der Waals surface area contributed by atoms with Gasteiger partial charge in [-0.1, -0.05) is 12.1 Å². The highest BCUT2D eigenvalue weighted by Crippen LogP contribution is 2.30. The minimum absolute atomic E-state index is 0.0166. The number of carbonyl (C=O) groups is 2. The number of rotatable bonds is 4. The molecule has 0 saturated heterocycles. The lowest BCUT2D eigenvalue weighted by molar-refractivity contribution is -0.117. The van der Waals surface area contributed by atoms with Crippen molar-refractivity contribution in [1.29, 1.82) is 0 Å². The molecule has 0 unspecified atom stereocenters. The number of anilines is 2. The smallest absolute Gasteiger partial charge is 0.249 e. The summed E-state index contributed by atoms with van der Waals surface area (Å²) in [5.41, 5.74) is 3.26. The molecule has 4 rings (SSSR count). The maximum atomic E-state index is 11.9. The minimum atomic E-state index is -0.108. The fraction of sp³-hybridized carbons (Fsp3) is 0.222.